The van der Waals surface area contributed by atoms with Crippen LogP contribution in [0.1, 0.15) is 23.1 Å². The van der Waals surface area contributed by atoms with Gasteiger partial charge in [-0.1, -0.05) is 18.2 Å². The number of aryl methyl sites for hydroxylation is 1. The van der Waals surface area contributed by atoms with Gasteiger partial charge >= 0.3 is 5.97 Å². The Kier molecular flexibility index (Phi) is 9.72. The average molecular weight is 574 g/mol. The SMILES string of the molecule is CN(C)CCN(C)CC(=O)N(C)c1ccc(N=C(c2cccc(CCC(=O)O)c2)c2c(O)[nH]c3cc(F)ccc23)cc1. The number of hydrogen-bond donors (Lipinski definition) is 3. The molecule has 220 valence electrons. The standard InChI is InChI=1S/C32H36FN5O4/c1-36(2)16-17-37(3)20-28(39)38(4)25-12-10-24(11-13-25)34-31(22-7-5-6-21(18-22)8-15-29(40)41)30-26-14-9-23(33)19-27(26)35-32(30)42/h5-7,9-14,18-19,35,42H,8,15-17,20H2,1-4H3,(H,40,41). The van der Waals surface area contributed by atoms with Gasteiger partial charge in [0.05, 0.1) is 29.0 Å². The molecule has 4 aromatic rings. The highest BCUT2D eigenvalue weighted by molar-refractivity contribution is 6.22. The maximum absolute atomic E-state index is 13.9. The molecule has 9 nitrogen and oxygen atoms in total. The molecule has 42 heavy (non-hydrogen) atoms. The highest BCUT2D eigenvalue weighted by Crippen LogP contribution is 2.32. The van der Waals surface area contributed by atoms with Crippen molar-refractivity contribution in [1.29, 1.82) is 0 Å². The quantitative estimate of drug-likeness (QED) is 0.213. The van der Waals surface area contributed by atoms with Crippen molar-refractivity contribution in [2.24, 2.45) is 4.99 Å². The Morgan fingerprint density at radius 3 is 2.38 bits per heavy atom. The molecule has 4 rings (SSSR count). The first-order valence-electron chi connectivity index (χ1n) is 13.6. The van der Waals surface area contributed by atoms with Gasteiger partial charge in [-0.05, 0) is 81.7 Å². The number of aromatic nitrogens is 1. The minimum atomic E-state index is -0.894. The first kappa shape index (κ1) is 30.4. The number of amides is 1. The number of carboxylic acid groups (broad SMARTS) is 1. The molecule has 0 saturated carbocycles. The number of H-pyrrole nitrogens is 1. The van der Waals surface area contributed by atoms with Crippen LogP contribution in [-0.2, 0) is 16.0 Å². The molecular weight excluding hydrogens is 537 g/mol. The molecule has 3 N–H and O–H groups in total. The largest absolute Gasteiger partial charge is 0.494 e. The molecule has 0 aliphatic rings. The number of carbonyl (C=O) groups excluding carboxylic acids is 1. The second-order valence-corrected chi connectivity index (χ2v) is 10.6. The Morgan fingerprint density at radius 2 is 1.69 bits per heavy atom. The molecule has 0 unspecified atom stereocenters. The van der Waals surface area contributed by atoms with Crippen LogP contribution in [0.15, 0.2) is 71.7 Å². The Morgan fingerprint density at radius 1 is 0.952 bits per heavy atom. The van der Waals surface area contributed by atoms with E-state index in [0.29, 0.717) is 45.5 Å². The number of likely N-dealkylation sites (N-methyl/N-ethyl adjacent to an activating group) is 3. The lowest BCUT2D eigenvalue weighted by molar-refractivity contribution is -0.137. The molecule has 0 bridgehead atoms. The number of nitrogens with one attached hydrogen (secondary N) is 1. The minimum absolute atomic E-state index is 0.0211. The Labute approximate surface area is 244 Å². The highest BCUT2D eigenvalue weighted by Gasteiger charge is 2.20. The topological polar surface area (TPSA) is 112 Å². The van der Waals surface area contributed by atoms with E-state index in [4.69, 9.17) is 10.1 Å². The van der Waals surface area contributed by atoms with E-state index < -0.39 is 11.8 Å². The number of hydrogen-bond acceptors (Lipinski definition) is 6. The number of aromatic hydroxyl groups is 1. The molecule has 0 aliphatic carbocycles. The van der Waals surface area contributed by atoms with E-state index in [2.05, 4.69) is 9.88 Å². The van der Waals surface area contributed by atoms with E-state index >= 15 is 0 Å². The van der Waals surface area contributed by atoms with E-state index in [1.54, 1.807) is 30.1 Å². The van der Waals surface area contributed by atoms with E-state index in [1.807, 2.05) is 62.4 Å². The summed E-state index contributed by atoms with van der Waals surface area (Å²) in [6.45, 7) is 1.91. The normalized spacial score (nSPS) is 11.9. The number of carboxylic acids is 1. The Hall–Kier alpha value is -4.54. The van der Waals surface area contributed by atoms with Crippen LogP contribution in [0.25, 0.3) is 10.9 Å². The number of halogens is 1. The fourth-order valence-corrected chi connectivity index (χ4v) is 4.60. The number of aliphatic carboxylic acids is 1. The maximum Gasteiger partial charge on any atom is 0.303 e. The van der Waals surface area contributed by atoms with Crippen LogP contribution in [0.5, 0.6) is 5.88 Å². The van der Waals surface area contributed by atoms with Crippen LogP contribution < -0.4 is 4.90 Å². The predicted molar refractivity (Wildman–Crippen MR) is 164 cm³/mol. The van der Waals surface area contributed by atoms with Gasteiger partial charge in [0.25, 0.3) is 0 Å². The van der Waals surface area contributed by atoms with Crippen LogP contribution in [0.3, 0.4) is 0 Å². The molecule has 0 atom stereocenters. The molecule has 0 radical (unpaired) electrons. The number of anilines is 1. The molecule has 10 heteroatoms. The van der Waals surface area contributed by atoms with Gasteiger partial charge in [-0.15, -0.1) is 0 Å². The predicted octanol–water partition coefficient (Wildman–Crippen LogP) is 4.66. The number of carbonyl (C=O) groups is 2. The highest BCUT2D eigenvalue weighted by atomic mass is 19.1. The zero-order chi connectivity index (χ0) is 30.4. The number of rotatable bonds is 12. The fraction of sp³-hybridized carbons (Fsp3) is 0.281. The third kappa shape index (κ3) is 7.59. The number of aromatic amines is 1. The summed E-state index contributed by atoms with van der Waals surface area (Å²) in [5.74, 6) is -1.54. The second-order valence-electron chi connectivity index (χ2n) is 10.6. The molecule has 0 fully saturated rings. The maximum atomic E-state index is 13.9. The van der Waals surface area contributed by atoms with Crippen LogP contribution in [0.2, 0.25) is 0 Å². The fourth-order valence-electron chi connectivity index (χ4n) is 4.60. The number of fused-ring (bicyclic) bond motifs is 1. The van der Waals surface area contributed by atoms with Crippen molar-refractivity contribution < 1.29 is 24.2 Å². The van der Waals surface area contributed by atoms with Crippen molar-refractivity contribution in [2.75, 3.05) is 52.7 Å². The molecule has 1 aromatic heterocycles. The smallest absolute Gasteiger partial charge is 0.303 e. The molecule has 0 saturated heterocycles. The first-order chi connectivity index (χ1) is 20.0. The van der Waals surface area contributed by atoms with Crippen molar-refractivity contribution in [3.05, 3.63) is 89.2 Å². The molecule has 1 heterocycles. The molecule has 0 spiro atoms. The molecule has 0 aliphatic heterocycles. The van der Waals surface area contributed by atoms with Crippen LogP contribution in [-0.4, -0.2) is 90.4 Å². The lowest BCUT2D eigenvalue weighted by atomic mass is 9.97. The second kappa shape index (κ2) is 13.4. The van der Waals surface area contributed by atoms with E-state index in [9.17, 15) is 19.1 Å². The summed E-state index contributed by atoms with van der Waals surface area (Å²) in [4.78, 5) is 37.4. The number of aliphatic imine (C=N–C) groups is 1. The van der Waals surface area contributed by atoms with Crippen molar-refractivity contribution >= 4 is 39.9 Å². The van der Waals surface area contributed by atoms with Crippen LogP contribution >= 0.6 is 0 Å². The van der Waals surface area contributed by atoms with Gasteiger partial charge in [0.2, 0.25) is 5.91 Å². The summed E-state index contributed by atoms with van der Waals surface area (Å²) < 4.78 is 13.9. The minimum Gasteiger partial charge on any atom is -0.494 e. The number of nitrogens with zero attached hydrogens (tertiary/aromatic N) is 4. The summed E-state index contributed by atoms with van der Waals surface area (Å²) in [6, 6.07) is 18.7. The van der Waals surface area contributed by atoms with Gasteiger partial charge in [0.15, 0.2) is 5.88 Å². The van der Waals surface area contributed by atoms with Gasteiger partial charge < -0.3 is 25.0 Å². The van der Waals surface area contributed by atoms with Gasteiger partial charge in [-0.2, -0.15) is 0 Å². The average Bonchev–Trinajstić information content (AvgIpc) is 3.28. The van der Waals surface area contributed by atoms with Crippen LogP contribution in [0.4, 0.5) is 15.8 Å². The molecule has 3 aromatic carbocycles. The third-order valence-electron chi connectivity index (χ3n) is 6.99. The van der Waals surface area contributed by atoms with Crippen molar-refractivity contribution in [3.8, 4) is 5.88 Å². The summed E-state index contributed by atoms with van der Waals surface area (Å²) in [6.07, 6.45) is 0.313. The zero-order valence-electron chi connectivity index (χ0n) is 24.3. The Balaban J connectivity index is 1.68. The van der Waals surface area contributed by atoms with Crippen LogP contribution in [0, 0.1) is 5.82 Å². The summed E-state index contributed by atoms with van der Waals surface area (Å²) in [7, 11) is 7.64. The Bertz CT molecular complexity index is 1600. The summed E-state index contributed by atoms with van der Waals surface area (Å²) >= 11 is 0. The summed E-state index contributed by atoms with van der Waals surface area (Å²) in [5.41, 5.74) is 4.00. The first-order valence-corrected chi connectivity index (χ1v) is 13.6. The zero-order valence-corrected chi connectivity index (χ0v) is 24.3. The molecular formula is C32H36FN5O4. The van der Waals surface area contributed by atoms with Crippen molar-refractivity contribution in [1.82, 2.24) is 14.8 Å². The van der Waals surface area contributed by atoms with Gasteiger partial charge in [0.1, 0.15) is 5.82 Å². The summed E-state index contributed by atoms with van der Waals surface area (Å²) in [5, 5.41) is 20.6. The number of benzene rings is 3. The van der Waals surface area contributed by atoms with Gasteiger partial charge in [0, 0.05) is 43.2 Å². The van der Waals surface area contributed by atoms with Gasteiger partial charge in [-0.25, -0.2) is 9.38 Å². The monoisotopic (exact) mass is 573 g/mol. The van der Waals surface area contributed by atoms with E-state index in [1.165, 1.54) is 12.1 Å². The van der Waals surface area contributed by atoms with E-state index in [-0.39, 0.29) is 24.8 Å². The van der Waals surface area contributed by atoms with E-state index in [0.717, 1.165) is 18.7 Å². The third-order valence-corrected chi connectivity index (χ3v) is 6.99. The molecule has 1 amide bonds. The van der Waals surface area contributed by atoms with Gasteiger partial charge in [-0.3, -0.25) is 14.5 Å². The van der Waals surface area contributed by atoms with Crippen molar-refractivity contribution in [2.45, 2.75) is 12.8 Å². The van der Waals surface area contributed by atoms with Crippen molar-refractivity contribution in [3.63, 3.8) is 0 Å². The lowest BCUT2D eigenvalue weighted by Gasteiger charge is -2.23. The lowest BCUT2D eigenvalue weighted by Crippen LogP contribution is -2.39.